The van der Waals surface area contributed by atoms with Crippen molar-refractivity contribution in [1.82, 2.24) is 29.6 Å². The van der Waals surface area contributed by atoms with Crippen molar-refractivity contribution in [3.63, 3.8) is 0 Å². The Morgan fingerprint density at radius 2 is 2.00 bits per heavy atom. The highest BCUT2D eigenvalue weighted by atomic mass is 16.5. The first-order valence-electron chi connectivity index (χ1n) is 5.43. The molecule has 0 saturated carbocycles. The van der Waals surface area contributed by atoms with Gasteiger partial charge in [-0.2, -0.15) is 5.06 Å². The molecule has 0 unspecified atom stereocenters. The van der Waals surface area contributed by atoms with Crippen LogP contribution in [0.1, 0.15) is 17.1 Å². The molecule has 1 aliphatic rings. The number of hydroxylamine groups is 2. The first-order valence-corrected chi connectivity index (χ1v) is 5.43. The van der Waals surface area contributed by atoms with Gasteiger partial charge >= 0.3 is 0 Å². The lowest BCUT2D eigenvalue weighted by Gasteiger charge is -2.06. The fraction of sp³-hybridized carbons (Fsp3) is 0.500. The summed E-state index contributed by atoms with van der Waals surface area (Å²) in [4.78, 5) is 4.53. The number of aromatic nitrogens is 5. The minimum absolute atomic E-state index is 0.475. The van der Waals surface area contributed by atoms with E-state index in [9.17, 15) is 5.21 Å². The van der Waals surface area contributed by atoms with Crippen LogP contribution >= 0.6 is 0 Å². The van der Waals surface area contributed by atoms with Crippen LogP contribution in [0.2, 0.25) is 0 Å². The Bertz CT molecular complexity index is 584. The molecule has 3 rings (SSSR count). The second kappa shape index (κ2) is 3.38. The maximum Gasteiger partial charge on any atom is 0.162 e. The van der Waals surface area contributed by atoms with Crippen molar-refractivity contribution in [3.8, 4) is 11.5 Å². The van der Waals surface area contributed by atoms with Crippen molar-refractivity contribution < 1.29 is 5.21 Å². The number of aryl methyl sites for hydroxylation is 1. The van der Waals surface area contributed by atoms with Gasteiger partial charge in [-0.25, -0.2) is 4.98 Å². The van der Waals surface area contributed by atoms with Crippen molar-refractivity contribution in [3.05, 3.63) is 17.1 Å². The third kappa shape index (κ3) is 1.39. The van der Waals surface area contributed by atoms with Gasteiger partial charge in [0.25, 0.3) is 0 Å². The molecule has 0 spiro atoms. The van der Waals surface area contributed by atoms with Crippen LogP contribution in [0.4, 0.5) is 0 Å². The lowest BCUT2D eigenvalue weighted by molar-refractivity contribution is -0.0984. The van der Waals surface area contributed by atoms with Gasteiger partial charge in [0.05, 0.1) is 30.2 Å². The van der Waals surface area contributed by atoms with E-state index < -0.39 is 0 Å². The molecular formula is C10H14N6O. The molecule has 17 heavy (non-hydrogen) atoms. The number of rotatable bonds is 1. The van der Waals surface area contributed by atoms with Crippen LogP contribution in [0.5, 0.6) is 0 Å². The summed E-state index contributed by atoms with van der Waals surface area (Å²) in [6, 6.07) is 0. The summed E-state index contributed by atoms with van der Waals surface area (Å²) in [6.45, 7) is 2.95. The third-order valence-electron chi connectivity index (χ3n) is 3.28. The first kappa shape index (κ1) is 10.4. The summed E-state index contributed by atoms with van der Waals surface area (Å²) in [5.74, 6) is 0.814. The maximum absolute atomic E-state index is 9.43. The summed E-state index contributed by atoms with van der Waals surface area (Å²) < 4.78 is 3.70. The Balaban J connectivity index is 2.12. The van der Waals surface area contributed by atoms with Crippen LogP contribution < -0.4 is 0 Å². The van der Waals surface area contributed by atoms with Crippen molar-refractivity contribution >= 4 is 0 Å². The van der Waals surface area contributed by atoms with Crippen molar-refractivity contribution in [2.45, 2.75) is 20.0 Å². The van der Waals surface area contributed by atoms with Gasteiger partial charge in [0.2, 0.25) is 0 Å². The van der Waals surface area contributed by atoms with Crippen molar-refractivity contribution in [2.24, 2.45) is 14.1 Å². The maximum atomic E-state index is 9.43. The van der Waals surface area contributed by atoms with Crippen LogP contribution in [-0.2, 0) is 27.2 Å². The first-order chi connectivity index (χ1) is 8.08. The predicted molar refractivity (Wildman–Crippen MR) is 59.0 cm³/mol. The zero-order valence-electron chi connectivity index (χ0n) is 10.0. The average Bonchev–Trinajstić information content (AvgIpc) is 2.88. The van der Waals surface area contributed by atoms with Gasteiger partial charge in [-0.3, -0.25) is 4.68 Å². The minimum Gasteiger partial charge on any atom is -0.328 e. The van der Waals surface area contributed by atoms with E-state index in [1.165, 1.54) is 5.06 Å². The highest BCUT2D eigenvalue weighted by Gasteiger charge is 2.26. The highest BCUT2D eigenvalue weighted by molar-refractivity contribution is 5.54. The minimum atomic E-state index is 0.475. The summed E-state index contributed by atoms with van der Waals surface area (Å²) >= 11 is 0. The Morgan fingerprint density at radius 1 is 1.24 bits per heavy atom. The molecule has 0 bridgehead atoms. The van der Waals surface area contributed by atoms with Crippen LogP contribution in [0.15, 0.2) is 0 Å². The molecule has 0 aliphatic carbocycles. The summed E-state index contributed by atoms with van der Waals surface area (Å²) in [5, 5.41) is 18.8. The largest absolute Gasteiger partial charge is 0.328 e. The fourth-order valence-corrected chi connectivity index (χ4v) is 2.14. The van der Waals surface area contributed by atoms with Crippen molar-refractivity contribution in [1.29, 1.82) is 0 Å². The van der Waals surface area contributed by atoms with Gasteiger partial charge in [-0.1, -0.05) is 5.21 Å². The lowest BCUT2D eigenvalue weighted by Crippen LogP contribution is -2.12. The van der Waals surface area contributed by atoms with Gasteiger partial charge in [-0.15, -0.1) is 5.10 Å². The molecule has 2 aromatic heterocycles. The van der Waals surface area contributed by atoms with Crippen LogP contribution in [0.25, 0.3) is 11.5 Å². The molecule has 0 radical (unpaired) electrons. The Morgan fingerprint density at radius 3 is 2.59 bits per heavy atom. The lowest BCUT2D eigenvalue weighted by atomic mass is 10.3. The summed E-state index contributed by atoms with van der Waals surface area (Å²) in [6.07, 6.45) is 0. The Kier molecular flexibility index (Phi) is 2.07. The topological polar surface area (TPSA) is 72.0 Å². The Labute approximate surface area is 98.2 Å². The summed E-state index contributed by atoms with van der Waals surface area (Å²) in [7, 11) is 3.80. The van der Waals surface area contributed by atoms with E-state index in [-0.39, 0.29) is 0 Å². The molecule has 0 amide bonds. The molecule has 0 aromatic carbocycles. The third-order valence-corrected chi connectivity index (χ3v) is 3.28. The number of fused-ring (bicyclic) bond motifs is 1. The van der Waals surface area contributed by atoms with E-state index in [1.807, 2.05) is 25.6 Å². The van der Waals surface area contributed by atoms with E-state index in [0.29, 0.717) is 13.1 Å². The normalized spacial score (nSPS) is 15.5. The van der Waals surface area contributed by atoms with E-state index in [1.54, 1.807) is 4.68 Å². The standard InChI is InChI=1S/C10H14N6O/c1-6-9(12-13-15(6)3)10-11-7-4-16(17)5-8(7)14(10)2/h17H,4-5H2,1-3H3. The molecule has 0 saturated heterocycles. The van der Waals surface area contributed by atoms with Gasteiger partial charge in [0.15, 0.2) is 11.5 Å². The van der Waals surface area contributed by atoms with E-state index in [4.69, 9.17) is 0 Å². The Hall–Kier alpha value is -1.73. The van der Waals surface area contributed by atoms with Crippen LogP contribution in [0.3, 0.4) is 0 Å². The molecule has 3 heterocycles. The van der Waals surface area contributed by atoms with Crippen molar-refractivity contribution in [2.75, 3.05) is 0 Å². The second-order valence-electron chi connectivity index (χ2n) is 4.36. The molecule has 0 fully saturated rings. The monoisotopic (exact) mass is 234 g/mol. The zero-order chi connectivity index (χ0) is 12.2. The molecule has 90 valence electrons. The molecule has 7 heteroatoms. The van der Waals surface area contributed by atoms with Gasteiger partial charge in [0.1, 0.15) is 0 Å². The van der Waals surface area contributed by atoms with Crippen LogP contribution in [-0.4, -0.2) is 34.8 Å². The van der Waals surface area contributed by atoms with Crippen LogP contribution in [0, 0.1) is 6.92 Å². The second-order valence-corrected chi connectivity index (χ2v) is 4.36. The predicted octanol–water partition coefficient (Wildman–Crippen LogP) is 0.229. The molecule has 2 aromatic rings. The highest BCUT2D eigenvalue weighted by Crippen LogP contribution is 2.27. The smallest absolute Gasteiger partial charge is 0.162 e. The molecule has 0 atom stereocenters. The number of imidazole rings is 1. The number of nitrogens with zero attached hydrogens (tertiary/aromatic N) is 6. The number of hydrogen-bond acceptors (Lipinski definition) is 5. The SMILES string of the molecule is Cc1c(-c2nc3c(n2C)CN(O)C3)nnn1C. The number of hydrogen-bond donors (Lipinski definition) is 1. The van der Waals surface area contributed by atoms with Gasteiger partial charge in [0, 0.05) is 14.1 Å². The molecule has 1 aliphatic heterocycles. The summed E-state index contributed by atoms with van der Waals surface area (Å²) in [5.41, 5.74) is 3.73. The average molecular weight is 234 g/mol. The van der Waals surface area contributed by atoms with Gasteiger partial charge in [-0.05, 0) is 6.92 Å². The van der Waals surface area contributed by atoms with E-state index >= 15 is 0 Å². The molecule has 7 nitrogen and oxygen atoms in total. The molecule has 1 N–H and O–H groups in total. The quantitative estimate of drug-likeness (QED) is 0.764. The van der Waals surface area contributed by atoms with E-state index in [2.05, 4.69) is 15.3 Å². The van der Waals surface area contributed by atoms with E-state index in [0.717, 1.165) is 28.6 Å². The zero-order valence-corrected chi connectivity index (χ0v) is 10.0. The van der Waals surface area contributed by atoms with Gasteiger partial charge < -0.3 is 9.77 Å². The molecular weight excluding hydrogens is 220 g/mol. The fourth-order valence-electron chi connectivity index (χ4n) is 2.14.